The van der Waals surface area contributed by atoms with Crippen molar-refractivity contribution in [3.05, 3.63) is 29.3 Å². The quantitative estimate of drug-likeness (QED) is 0.823. The van der Waals surface area contributed by atoms with Gasteiger partial charge in [-0.15, -0.1) is 0 Å². The number of fused-ring (bicyclic) bond motifs is 1. The molecule has 3 rings (SSSR count). The molecule has 1 aromatic carbocycles. The molecule has 2 aliphatic rings. The zero-order valence-electron chi connectivity index (χ0n) is 9.98. The lowest BCUT2D eigenvalue weighted by atomic mass is 10.1. The molecule has 1 unspecified atom stereocenters. The van der Waals surface area contributed by atoms with E-state index >= 15 is 0 Å². The molecule has 0 bridgehead atoms. The van der Waals surface area contributed by atoms with Crippen molar-refractivity contribution in [2.45, 2.75) is 37.8 Å². The molecule has 1 fully saturated rings. The molecule has 1 atom stereocenters. The summed E-state index contributed by atoms with van der Waals surface area (Å²) >= 11 is 0. The molecule has 2 N–H and O–H groups in total. The highest BCUT2D eigenvalue weighted by Gasteiger charge is 2.20. The summed E-state index contributed by atoms with van der Waals surface area (Å²) in [4.78, 5) is 0. The predicted octanol–water partition coefficient (Wildman–Crippen LogP) is 2.26. The fourth-order valence-corrected chi connectivity index (χ4v) is 2.76. The molecular formula is C14H19NO2. The SMILES string of the molecule is OC1CCc2cc(NC3CCOCC3)ccc21. The van der Waals surface area contributed by atoms with Gasteiger partial charge >= 0.3 is 0 Å². The minimum atomic E-state index is -0.248. The average molecular weight is 233 g/mol. The Morgan fingerprint density at radius 2 is 2.00 bits per heavy atom. The number of hydrogen-bond donors (Lipinski definition) is 2. The lowest BCUT2D eigenvalue weighted by Crippen LogP contribution is -2.27. The highest BCUT2D eigenvalue weighted by Crippen LogP contribution is 2.32. The molecule has 1 aliphatic carbocycles. The Morgan fingerprint density at radius 3 is 2.82 bits per heavy atom. The molecule has 1 aliphatic heterocycles. The van der Waals surface area contributed by atoms with Crippen LogP contribution in [0.5, 0.6) is 0 Å². The third kappa shape index (κ3) is 2.31. The second kappa shape index (κ2) is 4.67. The Morgan fingerprint density at radius 1 is 1.18 bits per heavy atom. The van der Waals surface area contributed by atoms with Crippen LogP contribution < -0.4 is 5.32 Å². The van der Waals surface area contributed by atoms with E-state index in [2.05, 4.69) is 23.5 Å². The Bertz CT molecular complexity index is 399. The van der Waals surface area contributed by atoms with Gasteiger partial charge < -0.3 is 15.2 Å². The first-order chi connectivity index (χ1) is 8.33. The van der Waals surface area contributed by atoms with E-state index in [0.717, 1.165) is 44.5 Å². The monoisotopic (exact) mass is 233 g/mol. The number of ether oxygens (including phenoxy) is 1. The first-order valence-corrected chi connectivity index (χ1v) is 6.48. The Kier molecular flexibility index (Phi) is 3.04. The molecule has 1 aromatic rings. The van der Waals surface area contributed by atoms with E-state index in [1.54, 1.807) is 0 Å². The summed E-state index contributed by atoms with van der Waals surface area (Å²) in [5, 5.41) is 13.3. The molecule has 0 radical (unpaired) electrons. The first-order valence-electron chi connectivity index (χ1n) is 6.48. The summed E-state index contributed by atoms with van der Waals surface area (Å²) in [6.45, 7) is 1.72. The number of benzene rings is 1. The van der Waals surface area contributed by atoms with Crippen molar-refractivity contribution in [1.82, 2.24) is 0 Å². The molecular weight excluding hydrogens is 214 g/mol. The van der Waals surface area contributed by atoms with Crippen LogP contribution in [-0.4, -0.2) is 24.4 Å². The van der Waals surface area contributed by atoms with Crippen molar-refractivity contribution in [2.24, 2.45) is 0 Å². The summed E-state index contributed by atoms with van der Waals surface area (Å²) in [7, 11) is 0. The summed E-state index contributed by atoms with van der Waals surface area (Å²) in [6, 6.07) is 6.88. The molecule has 17 heavy (non-hydrogen) atoms. The van der Waals surface area contributed by atoms with Gasteiger partial charge in [-0.1, -0.05) is 6.07 Å². The van der Waals surface area contributed by atoms with Gasteiger partial charge in [0.05, 0.1) is 6.10 Å². The van der Waals surface area contributed by atoms with Crippen LogP contribution in [0.3, 0.4) is 0 Å². The summed E-state index contributed by atoms with van der Waals surface area (Å²) in [5.41, 5.74) is 3.60. The zero-order valence-corrected chi connectivity index (χ0v) is 9.98. The van der Waals surface area contributed by atoms with Gasteiger partial charge in [0.1, 0.15) is 0 Å². The van der Waals surface area contributed by atoms with Gasteiger partial charge in [-0.25, -0.2) is 0 Å². The second-order valence-corrected chi connectivity index (χ2v) is 5.00. The van der Waals surface area contributed by atoms with Crippen LogP contribution in [0.1, 0.15) is 36.5 Å². The van der Waals surface area contributed by atoms with Crippen molar-refractivity contribution in [1.29, 1.82) is 0 Å². The fourth-order valence-electron chi connectivity index (χ4n) is 2.76. The van der Waals surface area contributed by atoms with Gasteiger partial charge in [-0.2, -0.15) is 0 Å². The van der Waals surface area contributed by atoms with Crippen molar-refractivity contribution in [2.75, 3.05) is 18.5 Å². The van der Waals surface area contributed by atoms with E-state index in [1.807, 2.05) is 0 Å². The molecule has 3 heteroatoms. The lowest BCUT2D eigenvalue weighted by molar-refractivity contribution is 0.0904. The van der Waals surface area contributed by atoms with E-state index in [1.165, 1.54) is 11.3 Å². The minimum Gasteiger partial charge on any atom is -0.388 e. The summed E-state index contributed by atoms with van der Waals surface area (Å²) in [6.07, 6.45) is 3.79. The van der Waals surface area contributed by atoms with Gasteiger partial charge in [0.25, 0.3) is 0 Å². The molecule has 1 heterocycles. The van der Waals surface area contributed by atoms with Crippen molar-refractivity contribution in [3.8, 4) is 0 Å². The molecule has 3 nitrogen and oxygen atoms in total. The average Bonchev–Trinajstić information content (AvgIpc) is 2.72. The van der Waals surface area contributed by atoms with Crippen LogP contribution in [0.2, 0.25) is 0 Å². The molecule has 1 saturated heterocycles. The standard InChI is InChI=1S/C14H19NO2/c16-14-4-1-10-9-12(2-3-13(10)14)15-11-5-7-17-8-6-11/h2-3,9,11,14-16H,1,4-8H2. The molecule has 0 saturated carbocycles. The van der Waals surface area contributed by atoms with Crippen molar-refractivity contribution in [3.63, 3.8) is 0 Å². The molecule has 0 spiro atoms. The largest absolute Gasteiger partial charge is 0.388 e. The predicted molar refractivity (Wildman–Crippen MR) is 67.2 cm³/mol. The van der Waals surface area contributed by atoms with E-state index in [4.69, 9.17) is 4.74 Å². The Hall–Kier alpha value is -1.06. The minimum absolute atomic E-state index is 0.248. The highest BCUT2D eigenvalue weighted by molar-refractivity contribution is 5.51. The number of rotatable bonds is 2. The maximum atomic E-state index is 9.76. The molecule has 0 aromatic heterocycles. The maximum Gasteiger partial charge on any atom is 0.0795 e. The van der Waals surface area contributed by atoms with E-state index in [9.17, 15) is 5.11 Å². The maximum absolute atomic E-state index is 9.76. The van der Waals surface area contributed by atoms with Crippen molar-refractivity contribution >= 4 is 5.69 Å². The second-order valence-electron chi connectivity index (χ2n) is 5.00. The normalized spacial score (nSPS) is 24.6. The highest BCUT2D eigenvalue weighted by atomic mass is 16.5. The smallest absolute Gasteiger partial charge is 0.0795 e. The molecule has 0 amide bonds. The third-order valence-electron chi connectivity index (χ3n) is 3.78. The number of aliphatic hydroxyl groups excluding tert-OH is 1. The van der Waals surface area contributed by atoms with Crippen LogP contribution >= 0.6 is 0 Å². The van der Waals surface area contributed by atoms with E-state index in [-0.39, 0.29) is 6.10 Å². The van der Waals surface area contributed by atoms with Gasteiger partial charge in [-0.05, 0) is 48.9 Å². The van der Waals surface area contributed by atoms with Gasteiger partial charge in [0.2, 0.25) is 0 Å². The van der Waals surface area contributed by atoms with Gasteiger partial charge in [0, 0.05) is 24.9 Å². The van der Waals surface area contributed by atoms with Gasteiger partial charge in [0.15, 0.2) is 0 Å². The van der Waals surface area contributed by atoms with Crippen molar-refractivity contribution < 1.29 is 9.84 Å². The molecule has 92 valence electrons. The first kappa shape index (κ1) is 11.1. The number of nitrogens with one attached hydrogen (secondary N) is 1. The lowest BCUT2D eigenvalue weighted by Gasteiger charge is -2.24. The summed E-state index contributed by atoms with van der Waals surface area (Å²) < 4.78 is 5.35. The Labute approximate surface area is 102 Å². The van der Waals surface area contributed by atoms with Crippen LogP contribution in [0.15, 0.2) is 18.2 Å². The topological polar surface area (TPSA) is 41.5 Å². The number of hydrogen-bond acceptors (Lipinski definition) is 3. The van der Waals surface area contributed by atoms with E-state index < -0.39 is 0 Å². The van der Waals surface area contributed by atoms with Crippen LogP contribution in [0.4, 0.5) is 5.69 Å². The number of aryl methyl sites for hydroxylation is 1. The Balaban J connectivity index is 1.71. The van der Waals surface area contributed by atoms with Crippen LogP contribution in [0.25, 0.3) is 0 Å². The fraction of sp³-hybridized carbons (Fsp3) is 0.571. The number of aliphatic hydroxyl groups is 1. The van der Waals surface area contributed by atoms with Crippen LogP contribution in [-0.2, 0) is 11.2 Å². The number of anilines is 1. The third-order valence-corrected chi connectivity index (χ3v) is 3.78. The zero-order chi connectivity index (χ0) is 11.7. The van der Waals surface area contributed by atoms with E-state index in [0.29, 0.717) is 6.04 Å². The van der Waals surface area contributed by atoms with Crippen LogP contribution in [0, 0.1) is 0 Å². The summed E-state index contributed by atoms with van der Waals surface area (Å²) in [5.74, 6) is 0. The van der Waals surface area contributed by atoms with Gasteiger partial charge in [-0.3, -0.25) is 0 Å².